The van der Waals surface area contributed by atoms with Crippen LogP contribution in [0.15, 0.2) is 18.3 Å². The summed E-state index contributed by atoms with van der Waals surface area (Å²) in [7, 11) is 0. The maximum Gasteiger partial charge on any atom is 0.148 e. The van der Waals surface area contributed by atoms with Gasteiger partial charge in [0.05, 0.1) is 16.9 Å². The standard InChI is InChI=1S/C9H8FN3/c1-5-4-12-9-7(13-5)3-2-6(10)8(9)11/h2-4H,11H2,1H3. The molecule has 2 rings (SSSR count). The SMILES string of the molecule is Cc1cnc2c(N)c(F)ccc2n1. The molecule has 0 amide bonds. The summed E-state index contributed by atoms with van der Waals surface area (Å²) in [5.41, 5.74) is 7.39. The molecule has 3 nitrogen and oxygen atoms in total. The molecule has 13 heavy (non-hydrogen) atoms. The first-order valence-electron chi connectivity index (χ1n) is 3.86. The zero-order chi connectivity index (χ0) is 9.42. The maximum absolute atomic E-state index is 13.0. The molecule has 1 heterocycles. The molecule has 0 aliphatic carbocycles. The van der Waals surface area contributed by atoms with Gasteiger partial charge in [0.25, 0.3) is 0 Å². The summed E-state index contributed by atoms with van der Waals surface area (Å²) in [6.45, 7) is 1.83. The average Bonchev–Trinajstić information content (AvgIpc) is 2.12. The fourth-order valence-electron chi connectivity index (χ4n) is 1.17. The van der Waals surface area contributed by atoms with Crippen molar-refractivity contribution in [2.24, 2.45) is 0 Å². The average molecular weight is 177 g/mol. The monoisotopic (exact) mass is 177 g/mol. The minimum Gasteiger partial charge on any atom is -0.395 e. The van der Waals surface area contributed by atoms with E-state index in [-0.39, 0.29) is 5.69 Å². The van der Waals surface area contributed by atoms with Crippen molar-refractivity contribution in [2.75, 3.05) is 5.73 Å². The molecule has 0 saturated heterocycles. The minimum atomic E-state index is -0.453. The number of nitrogen functional groups attached to an aromatic ring is 1. The number of aromatic nitrogens is 2. The zero-order valence-corrected chi connectivity index (χ0v) is 7.08. The van der Waals surface area contributed by atoms with Gasteiger partial charge in [-0.3, -0.25) is 4.98 Å². The second kappa shape index (κ2) is 2.65. The Labute approximate surface area is 74.4 Å². The minimum absolute atomic E-state index is 0.0602. The van der Waals surface area contributed by atoms with Gasteiger partial charge in [-0.15, -0.1) is 0 Å². The van der Waals surface area contributed by atoms with Gasteiger partial charge < -0.3 is 5.73 Å². The van der Waals surface area contributed by atoms with Gasteiger partial charge in [-0.05, 0) is 19.1 Å². The zero-order valence-electron chi connectivity index (χ0n) is 7.08. The summed E-state index contributed by atoms with van der Waals surface area (Å²) in [6, 6.07) is 2.87. The summed E-state index contributed by atoms with van der Waals surface area (Å²) in [5, 5.41) is 0. The summed E-state index contributed by atoms with van der Waals surface area (Å²) in [4.78, 5) is 8.18. The third kappa shape index (κ3) is 1.20. The number of rotatable bonds is 0. The number of nitrogens with two attached hydrogens (primary N) is 1. The van der Waals surface area contributed by atoms with E-state index in [4.69, 9.17) is 5.73 Å². The summed E-state index contributed by atoms with van der Waals surface area (Å²) in [5.74, 6) is -0.453. The lowest BCUT2D eigenvalue weighted by molar-refractivity contribution is 0.633. The number of benzene rings is 1. The van der Waals surface area contributed by atoms with Gasteiger partial charge in [-0.1, -0.05) is 0 Å². The van der Waals surface area contributed by atoms with Crippen LogP contribution < -0.4 is 5.73 Å². The Bertz CT molecular complexity index is 468. The lowest BCUT2D eigenvalue weighted by Crippen LogP contribution is -1.96. The summed E-state index contributed by atoms with van der Waals surface area (Å²) in [6.07, 6.45) is 1.57. The molecular formula is C9H8FN3. The fourth-order valence-corrected chi connectivity index (χ4v) is 1.17. The van der Waals surface area contributed by atoms with Crippen LogP contribution in [-0.4, -0.2) is 9.97 Å². The van der Waals surface area contributed by atoms with Crippen LogP contribution in [0.5, 0.6) is 0 Å². The quantitative estimate of drug-likeness (QED) is 0.622. The lowest BCUT2D eigenvalue weighted by Gasteiger charge is -2.01. The van der Waals surface area contributed by atoms with Crippen molar-refractivity contribution in [3.05, 3.63) is 29.8 Å². The Kier molecular flexibility index (Phi) is 1.62. The lowest BCUT2D eigenvalue weighted by atomic mass is 10.2. The van der Waals surface area contributed by atoms with Crippen molar-refractivity contribution in [2.45, 2.75) is 6.92 Å². The Morgan fingerprint density at radius 3 is 2.92 bits per heavy atom. The van der Waals surface area contributed by atoms with Crippen molar-refractivity contribution in [1.82, 2.24) is 9.97 Å². The van der Waals surface area contributed by atoms with Gasteiger partial charge in [0.15, 0.2) is 0 Å². The molecule has 0 radical (unpaired) electrons. The van der Waals surface area contributed by atoms with Crippen molar-refractivity contribution >= 4 is 16.7 Å². The van der Waals surface area contributed by atoms with E-state index in [1.54, 1.807) is 12.3 Å². The highest BCUT2D eigenvalue weighted by atomic mass is 19.1. The predicted octanol–water partition coefficient (Wildman–Crippen LogP) is 1.66. The number of aryl methyl sites for hydroxylation is 1. The van der Waals surface area contributed by atoms with E-state index in [2.05, 4.69) is 9.97 Å². The first-order chi connectivity index (χ1) is 6.18. The number of halogens is 1. The summed E-state index contributed by atoms with van der Waals surface area (Å²) >= 11 is 0. The molecule has 0 aliphatic rings. The van der Waals surface area contributed by atoms with Gasteiger partial charge >= 0.3 is 0 Å². The van der Waals surface area contributed by atoms with Gasteiger partial charge in [-0.25, -0.2) is 9.37 Å². The largest absolute Gasteiger partial charge is 0.395 e. The third-order valence-electron chi connectivity index (χ3n) is 1.82. The van der Waals surface area contributed by atoms with Crippen molar-refractivity contribution in [3.8, 4) is 0 Å². The van der Waals surface area contributed by atoms with E-state index in [1.807, 2.05) is 6.92 Å². The first kappa shape index (κ1) is 7.91. The molecule has 2 aromatic rings. The normalized spacial score (nSPS) is 10.6. The molecule has 0 atom stereocenters. The van der Waals surface area contributed by atoms with Crippen LogP contribution in [-0.2, 0) is 0 Å². The molecule has 0 fully saturated rings. The second-order valence-electron chi connectivity index (χ2n) is 2.84. The van der Waals surface area contributed by atoms with Crippen LogP contribution in [0.3, 0.4) is 0 Å². The molecule has 4 heteroatoms. The number of hydrogen-bond acceptors (Lipinski definition) is 3. The Balaban J connectivity index is 2.87. The van der Waals surface area contributed by atoms with Crippen molar-refractivity contribution < 1.29 is 4.39 Å². The van der Waals surface area contributed by atoms with E-state index < -0.39 is 5.82 Å². The molecule has 1 aromatic heterocycles. The smallest absolute Gasteiger partial charge is 0.148 e. The third-order valence-corrected chi connectivity index (χ3v) is 1.82. The van der Waals surface area contributed by atoms with Gasteiger partial charge in [0.1, 0.15) is 11.3 Å². The number of hydrogen-bond donors (Lipinski definition) is 1. The molecule has 0 bridgehead atoms. The molecule has 0 aliphatic heterocycles. The molecule has 1 aromatic carbocycles. The highest BCUT2D eigenvalue weighted by molar-refractivity contribution is 5.86. The predicted molar refractivity (Wildman–Crippen MR) is 48.6 cm³/mol. The van der Waals surface area contributed by atoms with Crippen LogP contribution >= 0.6 is 0 Å². The highest BCUT2D eigenvalue weighted by Crippen LogP contribution is 2.19. The molecule has 0 spiro atoms. The van der Waals surface area contributed by atoms with E-state index in [0.717, 1.165) is 5.69 Å². The first-order valence-corrected chi connectivity index (χ1v) is 3.86. The van der Waals surface area contributed by atoms with Crippen molar-refractivity contribution in [3.63, 3.8) is 0 Å². The second-order valence-corrected chi connectivity index (χ2v) is 2.84. The molecule has 2 N–H and O–H groups in total. The molecule has 66 valence electrons. The molecule has 0 saturated carbocycles. The fraction of sp³-hybridized carbons (Fsp3) is 0.111. The van der Waals surface area contributed by atoms with Gasteiger partial charge in [-0.2, -0.15) is 0 Å². The molecule has 0 unspecified atom stereocenters. The van der Waals surface area contributed by atoms with Crippen LogP contribution in [0.2, 0.25) is 0 Å². The van der Waals surface area contributed by atoms with Crippen LogP contribution in [0, 0.1) is 12.7 Å². The van der Waals surface area contributed by atoms with Crippen LogP contribution in [0.4, 0.5) is 10.1 Å². The summed E-state index contributed by atoms with van der Waals surface area (Å²) < 4.78 is 13.0. The number of anilines is 1. The highest BCUT2D eigenvalue weighted by Gasteiger charge is 2.05. The number of fused-ring (bicyclic) bond motifs is 1. The van der Waals surface area contributed by atoms with Crippen LogP contribution in [0.25, 0.3) is 11.0 Å². The number of nitrogens with zero attached hydrogens (tertiary/aromatic N) is 2. The Hall–Kier alpha value is -1.71. The van der Waals surface area contributed by atoms with E-state index in [1.165, 1.54) is 6.07 Å². The molecular weight excluding hydrogens is 169 g/mol. The topological polar surface area (TPSA) is 51.8 Å². The Morgan fingerprint density at radius 1 is 1.38 bits per heavy atom. The maximum atomic E-state index is 13.0. The van der Waals surface area contributed by atoms with E-state index >= 15 is 0 Å². The van der Waals surface area contributed by atoms with Crippen molar-refractivity contribution in [1.29, 1.82) is 0 Å². The van der Waals surface area contributed by atoms with Crippen LogP contribution in [0.1, 0.15) is 5.69 Å². The van der Waals surface area contributed by atoms with Gasteiger partial charge in [0, 0.05) is 6.20 Å². The Morgan fingerprint density at radius 2 is 2.15 bits per heavy atom. The van der Waals surface area contributed by atoms with E-state index in [9.17, 15) is 4.39 Å². The van der Waals surface area contributed by atoms with E-state index in [0.29, 0.717) is 11.0 Å². The van der Waals surface area contributed by atoms with Gasteiger partial charge in [0.2, 0.25) is 0 Å².